The average molecular weight is 192 g/mol. The fraction of sp³-hybridized carbons (Fsp3) is 0.273. The summed E-state index contributed by atoms with van der Waals surface area (Å²) in [4.78, 5) is 22.0. The number of hydrogen-bond donors (Lipinski definition) is 0. The summed E-state index contributed by atoms with van der Waals surface area (Å²) < 4.78 is 4.51. The van der Waals surface area contributed by atoms with Gasteiger partial charge in [0, 0.05) is 12.5 Å². The van der Waals surface area contributed by atoms with Crippen LogP contribution >= 0.6 is 0 Å². The van der Waals surface area contributed by atoms with E-state index in [1.807, 2.05) is 31.2 Å². The second-order valence-electron chi connectivity index (χ2n) is 3.03. The molecular weight excluding hydrogens is 180 g/mol. The summed E-state index contributed by atoms with van der Waals surface area (Å²) in [6.45, 7) is 3.04. The van der Waals surface area contributed by atoms with Crippen LogP contribution < -0.4 is 0 Å². The first-order valence-electron chi connectivity index (χ1n) is 4.37. The van der Waals surface area contributed by atoms with Crippen molar-refractivity contribution in [3.63, 3.8) is 0 Å². The van der Waals surface area contributed by atoms with Gasteiger partial charge in [-0.05, 0) is 18.9 Å². The van der Waals surface area contributed by atoms with E-state index < -0.39 is 11.9 Å². The number of allylic oxidation sites excluding steroid dienone is 5. The van der Waals surface area contributed by atoms with E-state index in [1.165, 1.54) is 6.92 Å². The molecular formula is C11H12O3. The summed E-state index contributed by atoms with van der Waals surface area (Å²) >= 11 is 0. The van der Waals surface area contributed by atoms with Gasteiger partial charge in [-0.3, -0.25) is 4.79 Å². The Morgan fingerprint density at radius 3 is 2.71 bits per heavy atom. The average Bonchev–Trinajstić information content (AvgIpc) is 2.28. The zero-order valence-electron chi connectivity index (χ0n) is 8.24. The third kappa shape index (κ3) is 2.69. The first-order valence-corrected chi connectivity index (χ1v) is 4.37. The molecule has 0 aromatic carbocycles. The lowest BCUT2D eigenvalue weighted by Crippen LogP contribution is -2.12. The summed E-state index contributed by atoms with van der Waals surface area (Å²) in [6, 6.07) is 0. The summed E-state index contributed by atoms with van der Waals surface area (Å²) in [5.41, 5.74) is 1.37. The Bertz CT molecular complexity index is 346. The molecule has 0 fully saturated rings. The second-order valence-corrected chi connectivity index (χ2v) is 3.03. The van der Waals surface area contributed by atoms with Gasteiger partial charge in [0.15, 0.2) is 0 Å². The van der Waals surface area contributed by atoms with E-state index in [1.54, 1.807) is 0 Å². The molecule has 0 atom stereocenters. The number of carbonyl (C=O) groups is 2. The Morgan fingerprint density at radius 2 is 2.07 bits per heavy atom. The quantitative estimate of drug-likeness (QED) is 0.471. The largest absolute Gasteiger partial charge is 0.390 e. The van der Waals surface area contributed by atoms with E-state index in [4.69, 9.17) is 0 Å². The Labute approximate surface area is 82.8 Å². The maximum absolute atomic E-state index is 11.4. The molecule has 0 unspecified atom stereocenters. The highest BCUT2D eigenvalue weighted by Crippen LogP contribution is 2.15. The third-order valence-electron chi connectivity index (χ3n) is 1.87. The second kappa shape index (κ2) is 4.56. The molecule has 0 aromatic rings. The highest BCUT2D eigenvalue weighted by molar-refractivity contribution is 5.96. The standard InChI is InChI=1S/C11H12O3/c1-8-6-4-3-5-7-10(8)11(13)14-9(2)12/h3-6H,7H2,1-2H3. The predicted octanol–water partition coefficient (Wildman–Crippen LogP) is 1.91. The monoisotopic (exact) mass is 192 g/mol. The van der Waals surface area contributed by atoms with E-state index in [0.29, 0.717) is 12.0 Å². The molecule has 0 aliphatic heterocycles. The zero-order chi connectivity index (χ0) is 10.6. The van der Waals surface area contributed by atoms with Gasteiger partial charge in [-0.15, -0.1) is 0 Å². The first kappa shape index (κ1) is 10.4. The van der Waals surface area contributed by atoms with Crippen molar-refractivity contribution in [2.75, 3.05) is 0 Å². The molecule has 3 nitrogen and oxygen atoms in total. The number of rotatable bonds is 1. The van der Waals surface area contributed by atoms with E-state index in [0.717, 1.165) is 5.57 Å². The molecule has 1 rings (SSSR count). The van der Waals surface area contributed by atoms with Crippen LogP contribution in [0.2, 0.25) is 0 Å². The van der Waals surface area contributed by atoms with Crippen LogP contribution in [-0.2, 0) is 14.3 Å². The van der Waals surface area contributed by atoms with Gasteiger partial charge in [-0.25, -0.2) is 4.79 Å². The highest BCUT2D eigenvalue weighted by Gasteiger charge is 2.14. The van der Waals surface area contributed by atoms with E-state index in [-0.39, 0.29) is 0 Å². The van der Waals surface area contributed by atoms with Crippen molar-refractivity contribution < 1.29 is 14.3 Å². The molecule has 0 N–H and O–H groups in total. The molecule has 0 aromatic heterocycles. The lowest BCUT2D eigenvalue weighted by Gasteiger charge is -2.04. The summed E-state index contributed by atoms with van der Waals surface area (Å²) in [7, 11) is 0. The molecule has 0 bridgehead atoms. The minimum absolute atomic E-state index is 0.505. The van der Waals surface area contributed by atoms with Crippen LogP contribution in [0.25, 0.3) is 0 Å². The van der Waals surface area contributed by atoms with Crippen molar-refractivity contribution in [3.8, 4) is 0 Å². The van der Waals surface area contributed by atoms with E-state index >= 15 is 0 Å². The van der Waals surface area contributed by atoms with Crippen molar-refractivity contribution in [2.45, 2.75) is 20.3 Å². The number of ether oxygens (including phenoxy) is 1. The Kier molecular flexibility index (Phi) is 3.40. The fourth-order valence-corrected chi connectivity index (χ4v) is 1.16. The number of carbonyl (C=O) groups excluding carboxylic acids is 2. The van der Waals surface area contributed by atoms with Crippen molar-refractivity contribution in [1.82, 2.24) is 0 Å². The van der Waals surface area contributed by atoms with Gasteiger partial charge in [0.2, 0.25) is 0 Å². The number of hydrogen-bond acceptors (Lipinski definition) is 3. The highest BCUT2D eigenvalue weighted by atomic mass is 16.6. The molecule has 14 heavy (non-hydrogen) atoms. The fourth-order valence-electron chi connectivity index (χ4n) is 1.16. The van der Waals surface area contributed by atoms with Crippen molar-refractivity contribution in [1.29, 1.82) is 0 Å². The van der Waals surface area contributed by atoms with Gasteiger partial charge in [0.05, 0.1) is 0 Å². The Hall–Kier alpha value is -1.64. The Balaban J connectivity index is 2.85. The Morgan fingerprint density at radius 1 is 1.36 bits per heavy atom. The SMILES string of the molecule is CC(=O)OC(=O)C1=C(C)C=CC=CC1. The zero-order valence-corrected chi connectivity index (χ0v) is 8.24. The van der Waals surface area contributed by atoms with Crippen LogP contribution in [0.3, 0.4) is 0 Å². The smallest absolute Gasteiger partial charge is 0.342 e. The van der Waals surface area contributed by atoms with Crippen molar-refractivity contribution in [3.05, 3.63) is 35.5 Å². The summed E-state index contributed by atoms with van der Waals surface area (Å²) in [5, 5.41) is 0. The van der Waals surface area contributed by atoms with Crippen LogP contribution in [0.4, 0.5) is 0 Å². The van der Waals surface area contributed by atoms with Crippen molar-refractivity contribution in [2.24, 2.45) is 0 Å². The molecule has 0 spiro atoms. The summed E-state index contributed by atoms with van der Waals surface area (Å²) in [5.74, 6) is -1.13. The molecule has 0 amide bonds. The first-order chi connectivity index (χ1) is 6.61. The molecule has 0 saturated heterocycles. The van der Waals surface area contributed by atoms with E-state index in [2.05, 4.69) is 4.74 Å². The van der Waals surface area contributed by atoms with Gasteiger partial charge in [-0.2, -0.15) is 0 Å². The molecule has 3 heteroatoms. The van der Waals surface area contributed by atoms with Gasteiger partial charge in [0.1, 0.15) is 0 Å². The van der Waals surface area contributed by atoms with Gasteiger partial charge in [0.25, 0.3) is 0 Å². The maximum Gasteiger partial charge on any atom is 0.342 e. The maximum atomic E-state index is 11.4. The topological polar surface area (TPSA) is 43.4 Å². The van der Waals surface area contributed by atoms with E-state index in [9.17, 15) is 9.59 Å². The van der Waals surface area contributed by atoms with Gasteiger partial charge < -0.3 is 4.74 Å². The summed E-state index contributed by atoms with van der Waals surface area (Å²) in [6.07, 6.45) is 7.88. The van der Waals surface area contributed by atoms with Crippen LogP contribution in [0.1, 0.15) is 20.3 Å². The van der Waals surface area contributed by atoms with Gasteiger partial charge >= 0.3 is 11.9 Å². The van der Waals surface area contributed by atoms with Crippen LogP contribution in [0.15, 0.2) is 35.5 Å². The predicted molar refractivity (Wildman–Crippen MR) is 52.4 cm³/mol. The molecule has 0 radical (unpaired) electrons. The lowest BCUT2D eigenvalue weighted by molar-refractivity contribution is -0.155. The molecule has 74 valence electrons. The minimum Gasteiger partial charge on any atom is -0.390 e. The third-order valence-corrected chi connectivity index (χ3v) is 1.87. The minimum atomic E-state index is -0.576. The van der Waals surface area contributed by atoms with Crippen LogP contribution in [-0.4, -0.2) is 11.9 Å². The van der Waals surface area contributed by atoms with Crippen LogP contribution in [0, 0.1) is 0 Å². The lowest BCUT2D eigenvalue weighted by atomic mass is 10.1. The van der Waals surface area contributed by atoms with Crippen LogP contribution in [0.5, 0.6) is 0 Å². The molecule has 0 saturated carbocycles. The normalized spacial score (nSPS) is 15.3. The molecule has 1 aliphatic rings. The van der Waals surface area contributed by atoms with Crippen molar-refractivity contribution >= 4 is 11.9 Å². The molecule has 1 aliphatic carbocycles. The van der Waals surface area contributed by atoms with Gasteiger partial charge in [-0.1, -0.05) is 24.3 Å². The molecule has 0 heterocycles. The number of esters is 2.